The van der Waals surface area contributed by atoms with Gasteiger partial charge >= 0.3 is 0 Å². The van der Waals surface area contributed by atoms with Crippen LogP contribution in [0.25, 0.3) is 0 Å². The van der Waals surface area contributed by atoms with Crippen LogP contribution in [-0.2, 0) is 4.79 Å². The first kappa shape index (κ1) is 20.5. The molecule has 3 N–H and O–H groups in total. The number of hydrogen-bond acceptors (Lipinski definition) is 2. The van der Waals surface area contributed by atoms with Crippen molar-refractivity contribution in [1.29, 1.82) is 0 Å². The van der Waals surface area contributed by atoms with Gasteiger partial charge in [-0.15, -0.1) is 0 Å². The summed E-state index contributed by atoms with van der Waals surface area (Å²) in [6.45, 7) is 10.2. The zero-order valence-corrected chi connectivity index (χ0v) is 17.9. The third kappa shape index (κ3) is 4.86. The van der Waals surface area contributed by atoms with Crippen LogP contribution >= 0.6 is 15.9 Å². The van der Waals surface area contributed by atoms with Crippen LogP contribution < -0.4 is 15.4 Å². The monoisotopic (exact) mass is 419 g/mol. The summed E-state index contributed by atoms with van der Waals surface area (Å²) in [5.74, 6) is 0.816. The maximum absolute atomic E-state index is 12.7. The zero-order chi connectivity index (χ0) is 19.4. The fourth-order valence-corrected chi connectivity index (χ4v) is 3.77. The molecule has 0 heterocycles. The summed E-state index contributed by atoms with van der Waals surface area (Å²) in [5, 5.41) is 5.16. The van der Waals surface area contributed by atoms with E-state index in [0.29, 0.717) is 0 Å². The van der Waals surface area contributed by atoms with E-state index in [-0.39, 0.29) is 18.0 Å². The lowest BCUT2D eigenvalue weighted by atomic mass is 10.0. The molecular formula is C21H28BrN2O2+. The van der Waals surface area contributed by atoms with Crippen molar-refractivity contribution < 1.29 is 14.8 Å². The van der Waals surface area contributed by atoms with Gasteiger partial charge in [-0.3, -0.25) is 4.79 Å². The van der Waals surface area contributed by atoms with Crippen molar-refractivity contribution >= 4 is 27.5 Å². The minimum atomic E-state index is -0.203. The van der Waals surface area contributed by atoms with Gasteiger partial charge in [-0.05, 0) is 79.9 Å². The van der Waals surface area contributed by atoms with Gasteiger partial charge in [0.15, 0.2) is 6.04 Å². The lowest BCUT2D eigenvalue weighted by Crippen LogP contribution is -2.91. The maximum atomic E-state index is 12.7. The molecule has 0 saturated heterocycles. The summed E-state index contributed by atoms with van der Waals surface area (Å²) in [4.78, 5) is 12.7. The number of anilines is 1. The Labute approximate surface area is 164 Å². The summed E-state index contributed by atoms with van der Waals surface area (Å²) >= 11 is 3.52. The summed E-state index contributed by atoms with van der Waals surface area (Å²) < 4.78 is 6.19. The second-order valence-electron chi connectivity index (χ2n) is 6.93. The number of nitrogens with two attached hydrogens (primary N) is 1. The number of rotatable bonds is 6. The average Bonchev–Trinajstić information content (AvgIpc) is 2.57. The largest absolute Gasteiger partial charge is 0.496 e. The van der Waals surface area contributed by atoms with Gasteiger partial charge < -0.3 is 15.4 Å². The number of ether oxygens (including phenoxy) is 1. The smallest absolute Gasteiger partial charge is 0.282 e. The van der Waals surface area contributed by atoms with Gasteiger partial charge in [-0.2, -0.15) is 0 Å². The molecular weight excluding hydrogens is 392 g/mol. The molecule has 0 aliphatic heterocycles. The highest BCUT2D eigenvalue weighted by atomic mass is 79.9. The maximum Gasteiger partial charge on any atom is 0.282 e. The van der Waals surface area contributed by atoms with Crippen LogP contribution in [0.1, 0.15) is 42.1 Å². The third-order valence-electron chi connectivity index (χ3n) is 4.62. The van der Waals surface area contributed by atoms with Gasteiger partial charge in [0, 0.05) is 11.3 Å². The van der Waals surface area contributed by atoms with Crippen molar-refractivity contribution in [3.05, 3.63) is 57.1 Å². The van der Waals surface area contributed by atoms with Crippen molar-refractivity contribution in [3.63, 3.8) is 0 Å². The summed E-state index contributed by atoms with van der Waals surface area (Å²) in [6, 6.07) is 10.1. The standard InChI is InChI=1S/C21H27BrN2O2/c1-12-9-13(2)20(14(3)10-12)24-21(25)16(5)23-15(4)17-7-8-19(26-6)18(22)11-17/h7-11,15-16,23H,1-6H3,(H,24,25)/p+1/t15-,16+/m0/s1. The Bertz CT molecular complexity index is 782. The second kappa shape index (κ2) is 8.69. The van der Waals surface area contributed by atoms with Crippen molar-refractivity contribution in [2.45, 2.75) is 46.7 Å². The molecule has 5 heteroatoms. The lowest BCUT2D eigenvalue weighted by Gasteiger charge is -2.19. The van der Waals surface area contributed by atoms with Crippen molar-refractivity contribution in [2.24, 2.45) is 0 Å². The molecule has 1 amide bonds. The molecule has 2 atom stereocenters. The highest BCUT2D eigenvalue weighted by molar-refractivity contribution is 9.10. The second-order valence-corrected chi connectivity index (χ2v) is 7.78. The fraction of sp³-hybridized carbons (Fsp3) is 0.381. The highest BCUT2D eigenvalue weighted by Gasteiger charge is 2.22. The highest BCUT2D eigenvalue weighted by Crippen LogP contribution is 2.27. The van der Waals surface area contributed by atoms with Crippen LogP contribution in [0.15, 0.2) is 34.8 Å². The molecule has 2 aromatic carbocycles. The number of hydrogen-bond donors (Lipinski definition) is 2. The minimum absolute atomic E-state index is 0.0134. The van der Waals surface area contributed by atoms with Gasteiger partial charge in [0.1, 0.15) is 11.8 Å². The number of aryl methyl sites for hydroxylation is 3. The number of benzene rings is 2. The lowest BCUT2D eigenvalue weighted by molar-refractivity contribution is -0.709. The Morgan fingerprint density at radius 2 is 1.73 bits per heavy atom. The predicted octanol–water partition coefficient (Wildman–Crippen LogP) is 4.03. The molecule has 0 aromatic heterocycles. The molecule has 2 aromatic rings. The van der Waals surface area contributed by atoms with Crippen LogP contribution in [-0.4, -0.2) is 19.1 Å². The third-order valence-corrected chi connectivity index (χ3v) is 5.24. The van der Waals surface area contributed by atoms with E-state index < -0.39 is 0 Å². The van der Waals surface area contributed by atoms with E-state index in [1.165, 1.54) is 5.56 Å². The average molecular weight is 420 g/mol. The van der Waals surface area contributed by atoms with Gasteiger partial charge in [-0.25, -0.2) is 0 Å². The SMILES string of the molecule is COc1ccc([C@H](C)[NH2+][C@H](C)C(=O)Nc2c(C)cc(C)cc2C)cc1Br. The number of halogens is 1. The van der Waals surface area contributed by atoms with Gasteiger partial charge in [0.2, 0.25) is 0 Å². The van der Waals surface area contributed by atoms with E-state index >= 15 is 0 Å². The van der Waals surface area contributed by atoms with Crippen LogP contribution in [0.2, 0.25) is 0 Å². The molecule has 0 spiro atoms. The molecule has 26 heavy (non-hydrogen) atoms. The number of nitrogens with one attached hydrogen (secondary N) is 1. The number of quaternary nitrogens is 1. The number of carbonyl (C=O) groups is 1. The normalized spacial score (nSPS) is 13.2. The first-order valence-electron chi connectivity index (χ1n) is 8.80. The number of carbonyl (C=O) groups excluding carboxylic acids is 1. The molecule has 4 nitrogen and oxygen atoms in total. The summed E-state index contributed by atoms with van der Waals surface area (Å²) in [6.07, 6.45) is 0. The van der Waals surface area contributed by atoms with Crippen LogP contribution in [0, 0.1) is 20.8 Å². The molecule has 140 valence electrons. The molecule has 2 rings (SSSR count). The van der Waals surface area contributed by atoms with Crippen LogP contribution in [0.5, 0.6) is 5.75 Å². The Kier molecular flexibility index (Phi) is 6.84. The molecule has 0 aliphatic rings. The van der Waals surface area contributed by atoms with Crippen molar-refractivity contribution in [1.82, 2.24) is 0 Å². The Balaban J connectivity index is 2.06. The zero-order valence-electron chi connectivity index (χ0n) is 16.3. The Morgan fingerprint density at radius 1 is 1.12 bits per heavy atom. The molecule has 0 unspecified atom stereocenters. The van der Waals surface area contributed by atoms with Gasteiger partial charge in [0.05, 0.1) is 11.6 Å². The minimum Gasteiger partial charge on any atom is -0.496 e. The van der Waals surface area contributed by atoms with E-state index in [1.54, 1.807) is 7.11 Å². The van der Waals surface area contributed by atoms with E-state index in [2.05, 4.69) is 52.5 Å². The van der Waals surface area contributed by atoms with E-state index in [9.17, 15) is 4.79 Å². The van der Waals surface area contributed by atoms with Crippen molar-refractivity contribution in [3.8, 4) is 5.75 Å². The first-order valence-corrected chi connectivity index (χ1v) is 9.59. The van der Waals surface area contributed by atoms with E-state index in [1.807, 2.05) is 39.0 Å². The fourth-order valence-electron chi connectivity index (χ4n) is 3.21. The summed E-state index contributed by atoms with van der Waals surface area (Å²) in [5.41, 5.74) is 5.45. The molecule has 0 radical (unpaired) electrons. The topological polar surface area (TPSA) is 54.9 Å². The number of amides is 1. The summed E-state index contributed by atoms with van der Waals surface area (Å²) in [7, 11) is 1.65. The molecule has 0 saturated carbocycles. The predicted molar refractivity (Wildman–Crippen MR) is 110 cm³/mol. The van der Waals surface area contributed by atoms with Gasteiger partial charge in [-0.1, -0.05) is 17.7 Å². The molecule has 0 fully saturated rings. The van der Waals surface area contributed by atoms with E-state index in [4.69, 9.17) is 4.74 Å². The van der Waals surface area contributed by atoms with Gasteiger partial charge in [0.25, 0.3) is 5.91 Å². The molecule has 0 aliphatic carbocycles. The first-order chi connectivity index (χ1) is 12.2. The Morgan fingerprint density at radius 3 is 2.27 bits per heavy atom. The molecule has 0 bridgehead atoms. The quantitative estimate of drug-likeness (QED) is 0.742. The Hall–Kier alpha value is -1.85. The number of methoxy groups -OCH3 is 1. The van der Waals surface area contributed by atoms with Crippen molar-refractivity contribution in [2.75, 3.05) is 12.4 Å². The van der Waals surface area contributed by atoms with Crippen LogP contribution in [0.3, 0.4) is 0 Å². The van der Waals surface area contributed by atoms with E-state index in [0.717, 1.165) is 32.6 Å². The van der Waals surface area contributed by atoms with Crippen LogP contribution in [0.4, 0.5) is 5.69 Å².